The summed E-state index contributed by atoms with van der Waals surface area (Å²) in [6.45, 7) is 10.4. The third kappa shape index (κ3) is 3.94. The van der Waals surface area contributed by atoms with E-state index >= 15 is 0 Å². The summed E-state index contributed by atoms with van der Waals surface area (Å²) in [5.74, 6) is 0.745. The van der Waals surface area contributed by atoms with Crippen molar-refractivity contribution in [3.05, 3.63) is 0 Å². The van der Waals surface area contributed by atoms with Gasteiger partial charge in [-0.2, -0.15) is 0 Å². The molecule has 2 aliphatic rings. The lowest BCUT2D eigenvalue weighted by atomic mass is 9.99. The highest BCUT2D eigenvalue weighted by atomic mass is 16.5. The summed E-state index contributed by atoms with van der Waals surface area (Å²) < 4.78 is 5.82. The molecule has 2 heterocycles. The van der Waals surface area contributed by atoms with Crippen molar-refractivity contribution in [1.82, 2.24) is 10.2 Å². The van der Waals surface area contributed by atoms with Crippen LogP contribution >= 0.6 is 0 Å². The maximum Gasteiger partial charge on any atom is 0.0587 e. The van der Waals surface area contributed by atoms with Crippen molar-refractivity contribution in [1.29, 1.82) is 0 Å². The molecule has 0 aliphatic carbocycles. The van der Waals surface area contributed by atoms with E-state index in [4.69, 9.17) is 4.74 Å². The van der Waals surface area contributed by atoms with Crippen LogP contribution in [0.5, 0.6) is 0 Å². The predicted molar refractivity (Wildman–Crippen MR) is 71.3 cm³/mol. The third-order valence-corrected chi connectivity index (χ3v) is 4.18. The fourth-order valence-corrected chi connectivity index (χ4v) is 3.05. The van der Waals surface area contributed by atoms with Gasteiger partial charge in [0.25, 0.3) is 0 Å². The number of hydrogen-bond donors (Lipinski definition) is 1. The van der Waals surface area contributed by atoms with Crippen LogP contribution in [-0.2, 0) is 4.74 Å². The zero-order valence-corrected chi connectivity index (χ0v) is 11.5. The molecule has 2 unspecified atom stereocenters. The highest BCUT2D eigenvalue weighted by Gasteiger charge is 2.25. The topological polar surface area (TPSA) is 24.5 Å². The molecular weight excluding hydrogens is 212 g/mol. The highest BCUT2D eigenvalue weighted by Crippen LogP contribution is 2.18. The van der Waals surface area contributed by atoms with Gasteiger partial charge in [0, 0.05) is 38.8 Å². The Morgan fingerprint density at radius 2 is 2.24 bits per heavy atom. The van der Waals surface area contributed by atoms with Gasteiger partial charge in [-0.15, -0.1) is 0 Å². The molecule has 2 aliphatic heterocycles. The van der Waals surface area contributed by atoms with Crippen LogP contribution in [-0.4, -0.2) is 49.8 Å². The summed E-state index contributed by atoms with van der Waals surface area (Å²) in [5, 5.41) is 3.51. The molecule has 3 nitrogen and oxygen atoms in total. The Labute approximate surface area is 106 Å². The summed E-state index contributed by atoms with van der Waals surface area (Å²) in [7, 11) is 0. The van der Waals surface area contributed by atoms with Crippen LogP contribution in [0.1, 0.15) is 39.5 Å². The van der Waals surface area contributed by atoms with E-state index in [2.05, 4.69) is 24.1 Å². The summed E-state index contributed by atoms with van der Waals surface area (Å²) >= 11 is 0. The lowest BCUT2D eigenvalue weighted by molar-refractivity contribution is -0.000562. The first-order chi connectivity index (χ1) is 8.27. The molecule has 0 amide bonds. The molecule has 17 heavy (non-hydrogen) atoms. The van der Waals surface area contributed by atoms with E-state index in [9.17, 15) is 0 Å². The second-order valence-electron chi connectivity index (χ2n) is 5.83. The molecule has 0 bridgehead atoms. The molecule has 1 N–H and O–H groups in total. The smallest absolute Gasteiger partial charge is 0.0587 e. The molecule has 3 heteroatoms. The standard InChI is InChI=1S/C14H28N2O/c1-12(2)14-11-15-7-9-16(14)8-6-13-5-3-4-10-17-13/h12-15H,3-11H2,1-2H3. The van der Waals surface area contributed by atoms with Gasteiger partial charge in [0.15, 0.2) is 0 Å². The minimum absolute atomic E-state index is 0.534. The quantitative estimate of drug-likeness (QED) is 0.812. The third-order valence-electron chi connectivity index (χ3n) is 4.18. The van der Waals surface area contributed by atoms with E-state index in [1.54, 1.807) is 0 Å². The molecule has 0 saturated carbocycles. The van der Waals surface area contributed by atoms with E-state index in [0.717, 1.165) is 25.6 Å². The van der Waals surface area contributed by atoms with Crippen LogP contribution in [0.4, 0.5) is 0 Å². The molecule has 2 rings (SSSR count). The van der Waals surface area contributed by atoms with E-state index in [1.165, 1.54) is 38.8 Å². The van der Waals surface area contributed by atoms with E-state index in [1.807, 2.05) is 0 Å². The fraction of sp³-hybridized carbons (Fsp3) is 1.00. The molecule has 0 aromatic heterocycles. The van der Waals surface area contributed by atoms with Crippen LogP contribution in [0.15, 0.2) is 0 Å². The summed E-state index contributed by atoms with van der Waals surface area (Å²) in [5.41, 5.74) is 0. The normalized spacial score (nSPS) is 31.9. The minimum atomic E-state index is 0.534. The van der Waals surface area contributed by atoms with E-state index < -0.39 is 0 Å². The van der Waals surface area contributed by atoms with Crippen molar-refractivity contribution in [2.75, 3.05) is 32.8 Å². The molecule has 100 valence electrons. The summed E-state index contributed by atoms with van der Waals surface area (Å²) in [4.78, 5) is 2.67. The van der Waals surface area contributed by atoms with E-state index in [-0.39, 0.29) is 0 Å². The Morgan fingerprint density at radius 1 is 1.35 bits per heavy atom. The molecule has 0 aromatic rings. The highest BCUT2D eigenvalue weighted by molar-refractivity contribution is 4.82. The Balaban J connectivity index is 1.75. The van der Waals surface area contributed by atoms with Crippen LogP contribution < -0.4 is 5.32 Å². The van der Waals surface area contributed by atoms with Crippen molar-refractivity contribution in [3.63, 3.8) is 0 Å². The molecular formula is C14H28N2O. The number of piperazine rings is 1. The van der Waals surface area contributed by atoms with Gasteiger partial charge < -0.3 is 10.1 Å². The van der Waals surface area contributed by atoms with Crippen molar-refractivity contribution in [2.45, 2.75) is 51.7 Å². The Kier molecular flexibility index (Phi) is 5.26. The first-order valence-corrected chi connectivity index (χ1v) is 7.33. The van der Waals surface area contributed by atoms with Crippen molar-refractivity contribution in [2.24, 2.45) is 5.92 Å². The lowest BCUT2D eigenvalue weighted by Crippen LogP contribution is -2.54. The zero-order valence-electron chi connectivity index (χ0n) is 11.5. The summed E-state index contributed by atoms with van der Waals surface area (Å²) in [6, 6.07) is 0.715. The maximum absolute atomic E-state index is 5.82. The molecule has 2 saturated heterocycles. The first kappa shape index (κ1) is 13.3. The Morgan fingerprint density at radius 3 is 2.94 bits per heavy atom. The second-order valence-corrected chi connectivity index (χ2v) is 5.83. The fourth-order valence-electron chi connectivity index (χ4n) is 3.05. The Hall–Kier alpha value is -0.120. The van der Waals surface area contributed by atoms with Crippen LogP contribution in [0.25, 0.3) is 0 Å². The predicted octanol–water partition coefficient (Wildman–Crippen LogP) is 1.88. The SMILES string of the molecule is CC(C)C1CNCCN1CCC1CCCCO1. The average molecular weight is 240 g/mol. The van der Waals surface area contributed by atoms with Gasteiger partial charge in [-0.05, 0) is 31.6 Å². The van der Waals surface area contributed by atoms with Crippen molar-refractivity contribution in [3.8, 4) is 0 Å². The molecule has 0 aromatic carbocycles. The monoisotopic (exact) mass is 240 g/mol. The molecule has 2 atom stereocenters. The molecule has 2 fully saturated rings. The van der Waals surface area contributed by atoms with Gasteiger partial charge in [-0.25, -0.2) is 0 Å². The zero-order chi connectivity index (χ0) is 12.1. The number of ether oxygens (including phenoxy) is 1. The van der Waals surface area contributed by atoms with Gasteiger partial charge in [0.1, 0.15) is 0 Å². The van der Waals surface area contributed by atoms with E-state index in [0.29, 0.717) is 12.1 Å². The summed E-state index contributed by atoms with van der Waals surface area (Å²) in [6.07, 6.45) is 5.66. The average Bonchev–Trinajstić information content (AvgIpc) is 2.38. The number of rotatable bonds is 4. The lowest BCUT2D eigenvalue weighted by Gasteiger charge is -2.39. The van der Waals surface area contributed by atoms with Crippen LogP contribution in [0.2, 0.25) is 0 Å². The van der Waals surface area contributed by atoms with Gasteiger partial charge in [0.05, 0.1) is 6.10 Å². The Bertz CT molecular complexity index is 214. The maximum atomic E-state index is 5.82. The largest absolute Gasteiger partial charge is 0.378 e. The number of hydrogen-bond acceptors (Lipinski definition) is 3. The minimum Gasteiger partial charge on any atom is -0.378 e. The van der Waals surface area contributed by atoms with Crippen LogP contribution in [0.3, 0.4) is 0 Å². The number of nitrogens with one attached hydrogen (secondary N) is 1. The van der Waals surface area contributed by atoms with Crippen molar-refractivity contribution >= 4 is 0 Å². The molecule has 0 spiro atoms. The molecule has 0 radical (unpaired) electrons. The number of nitrogens with zero attached hydrogens (tertiary/aromatic N) is 1. The van der Waals surface area contributed by atoms with Gasteiger partial charge in [0.2, 0.25) is 0 Å². The van der Waals surface area contributed by atoms with Gasteiger partial charge >= 0.3 is 0 Å². The van der Waals surface area contributed by atoms with Gasteiger partial charge in [-0.3, -0.25) is 4.90 Å². The van der Waals surface area contributed by atoms with Crippen molar-refractivity contribution < 1.29 is 4.74 Å². The second kappa shape index (κ2) is 6.72. The van der Waals surface area contributed by atoms with Crippen LogP contribution in [0, 0.1) is 5.92 Å². The first-order valence-electron chi connectivity index (χ1n) is 7.33. The van der Waals surface area contributed by atoms with Gasteiger partial charge in [-0.1, -0.05) is 13.8 Å².